The van der Waals surface area contributed by atoms with Crippen molar-refractivity contribution < 1.29 is 10.2 Å². The van der Waals surface area contributed by atoms with E-state index in [9.17, 15) is 0 Å². The lowest BCUT2D eigenvalue weighted by Crippen LogP contribution is -2.03. The Morgan fingerprint density at radius 2 is 2.18 bits per heavy atom. The van der Waals surface area contributed by atoms with Crippen LogP contribution >= 0.6 is 0 Å². The Kier molecular flexibility index (Phi) is 2.49. The van der Waals surface area contributed by atoms with Crippen molar-refractivity contribution in [3.63, 3.8) is 0 Å². The van der Waals surface area contributed by atoms with Crippen LogP contribution in [0.5, 0.6) is 5.75 Å². The van der Waals surface area contributed by atoms with Crippen LogP contribution < -0.4 is 0 Å². The lowest BCUT2D eigenvalue weighted by Gasteiger charge is -2.03. The minimum atomic E-state index is -0.350. The molecule has 0 aromatic heterocycles. The van der Waals surface area contributed by atoms with Crippen LogP contribution in [0, 0.1) is 0 Å². The average molecular weight is 152 g/mol. The Morgan fingerprint density at radius 3 is 2.73 bits per heavy atom. The highest BCUT2D eigenvalue weighted by Crippen LogP contribution is 2.12. The monoisotopic (exact) mass is 152 g/mol. The van der Waals surface area contributed by atoms with E-state index >= 15 is 0 Å². The third-order valence-corrected chi connectivity index (χ3v) is 1.44. The number of phenols is 1. The second kappa shape index (κ2) is 3.39. The fourth-order valence-corrected chi connectivity index (χ4v) is 1.02. The van der Waals surface area contributed by atoms with Gasteiger partial charge in [0.15, 0.2) is 0 Å². The molecule has 11 heavy (non-hydrogen) atoms. The molecule has 0 amide bonds. The van der Waals surface area contributed by atoms with Gasteiger partial charge < -0.3 is 10.2 Å². The van der Waals surface area contributed by atoms with Crippen molar-refractivity contribution in [2.75, 3.05) is 0 Å². The van der Waals surface area contributed by atoms with Crippen LogP contribution in [0.25, 0.3) is 0 Å². The van der Waals surface area contributed by atoms with Gasteiger partial charge in [0.05, 0.1) is 6.10 Å². The van der Waals surface area contributed by atoms with E-state index < -0.39 is 0 Å². The molecule has 0 aliphatic rings. The normalized spacial score (nSPS) is 12.9. The van der Waals surface area contributed by atoms with Gasteiger partial charge in [0.25, 0.3) is 0 Å². The summed E-state index contributed by atoms with van der Waals surface area (Å²) in [5.41, 5.74) is 0.958. The molecule has 0 spiro atoms. The minimum absolute atomic E-state index is 0.253. The van der Waals surface area contributed by atoms with Gasteiger partial charge in [-0.3, -0.25) is 0 Å². The van der Waals surface area contributed by atoms with Crippen LogP contribution in [-0.4, -0.2) is 16.3 Å². The molecule has 2 N–H and O–H groups in total. The zero-order valence-electron chi connectivity index (χ0n) is 6.49. The molecule has 0 heterocycles. The minimum Gasteiger partial charge on any atom is -0.508 e. The van der Waals surface area contributed by atoms with Gasteiger partial charge in [-0.05, 0) is 31.0 Å². The molecular formula is C9H12O2. The summed E-state index contributed by atoms with van der Waals surface area (Å²) < 4.78 is 0. The molecule has 2 nitrogen and oxygen atoms in total. The molecule has 0 fully saturated rings. The number of hydrogen-bond donors (Lipinski definition) is 2. The van der Waals surface area contributed by atoms with Crippen LogP contribution in [0.4, 0.5) is 0 Å². The summed E-state index contributed by atoms with van der Waals surface area (Å²) in [7, 11) is 0. The van der Waals surface area contributed by atoms with Crippen molar-refractivity contribution in [2.24, 2.45) is 0 Å². The van der Waals surface area contributed by atoms with Crippen LogP contribution in [0.3, 0.4) is 0 Å². The molecule has 1 aromatic rings. The zero-order chi connectivity index (χ0) is 8.27. The SMILES string of the molecule is C[C@@H](O)Cc1cccc(O)c1. The quantitative estimate of drug-likeness (QED) is 0.671. The van der Waals surface area contributed by atoms with Gasteiger partial charge >= 0.3 is 0 Å². The van der Waals surface area contributed by atoms with Gasteiger partial charge in [-0.2, -0.15) is 0 Å². The molecule has 0 aliphatic heterocycles. The first-order valence-electron chi connectivity index (χ1n) is 3.64. The molecule has 0 saturated heterocycles. The highest BCUT2D eigenvalue weighted by Gasteiger charge is 1.98. The van der Waals surface area contributed by atoms with Gasteiger partial charge in [-0.25, -0.2) is 0 Å². The van der Waals surface area contributed by atoms with Crippen molar-refractivity contribution in [1.29, 1.82) is 0 Å². The smallest absolute Gasteiger partial charge is 0.115 e. The van der Waals surface area contributed by atoms with Gasteiger partial charge in [0.2, 0.25) is 0 Å². The maximum atomic E-state index is 9.04. The molecule has 1 atom stereocenters. The molecule has 60 valence electrons. The first-order chi connectivity index (χ1) is 5.18. The Labute approximate surface area is 66.1 Å². The van der Waals surface area contributed by atoms with Crippen LogP contribution in [0.2, 0.25) is 0 Å². The third-order valence-electron chi connectivity index (χ3n) is 1.44. The van der Waals surface area contributed by atoms with E-state index in [1.165, 1.54) is 0 Å². The topological polar surface area (TPSA) is 40.5 Å². The number of benzene rings is 1. The Bertz CT molecular complexity index is 231. The summed E-state index contributed by atoms with van der Waals surface area (Å²) in [4.78, 5) is 0. The molecule has 0 radical (unpaired) electrons. The summed E-state index contributed by atoms with van der Waals surface area (Å²) in [5.74, 6) is 0.253. The van der Waals surface area contributed by atoms with Gasteiger partial charge in [-0.1, -0.05) is 12.1 Å². The van der Waals surface area contributed by atoms with E-state index in [2.05, 4.69) is 0 Å². The predicted molar refractivity (Wildman–Crippen MR) is 43.5 cm³/mol. The maximum absolute atomic E-state index is 9.04. The average Bonchev–Trinajstić information content (AvgIpc) is 1.85. The van der Waals surface area contributed by atoms with Gasteiger partial charge in [0.1, 0.15) is 5.75 Å². The summed E-state index contributed by atoms with van der Waals surface area (Å²) in [5, 5.41) is 18.1. The molecule has 0 bridgehead atoms. The van der Waals surface area contributed by atoms with Crippen molar-refractivity contribution in [2.45, 2.75) is 19.4 Å². The van der Waals surface area contributed by atoms with Gasteiger partial charge in [-0.15, -0.1) is 0 Å². The first-order valence-corrected chi connectivity index (χ1v) is 3.64. The highest BCUT2D eigenvalue weighted by atomic mass is 16.3. The molecule has 2 heteroatoms. The standard InChI is InChI=1S/C9H12O2/c1-7(10)5-8-3-2-4-9(11)6-8/h2-4,6-7,10-11H,5H2,1H3/t7-/m1/s1. The first kappa shape index (κ1) is 8.08. The van der Waals surface area contributed by atoms with Crippen LogP contribution in [0.1, 0.15) is 12.5 Å². The number of aliphatic hydroxyl groups is 1. The predicted octanol–water partition coefficient (Wildman–Crippen LogP) is 1.32. The van der Waals surface area contributed by atoms with E-state index in [1.54, 1.807) is 25.1 Å². The fraction of sp³-hybridized carbons (Fsp3) is 0.333. The molecular weight excluding hydrogens is 140 g/mol. The molecule has 0 unspecified atom stereocenters. The zero-order valence-corrected chi connectivity index (χ0v) is 6.49. The second-order valence-corrected chi connectivity index (χ2v) is 2.72. The number of aromatic hydroxyl groups is 1. The number of hydrogen-bond acceptors (Lipinski definition) is 2. The van der Waals surface area contributed by atoms with E-state index in [-0.39, 0.29) is 11.9 Å². The fourth-order valence-electron chi connectivity index (χ4n) is 1.02. The molecule has 0 aliphatic carbocycles. The number of phenolic OH excluding ortho intramolecular Hbond substituents is 1. The van der Waals surface area contributed by atoms with Crippen LogP contribution in [0.15, 0.2) is 24.3 Å². The van der Waals surface area contributed by atoms with Crippen molar-refractivity contribution in [3.05, 3.63) is 29.8 Å². The summed E-state index contributed by atoms with van der Waals surface area (Å²) in [6.07, 6.45) is 0.241. The Morgan fingerprint density at radius 1 is 1.45 bits per heavy atom. The van der Waals surface area contributed by atoms with Crippen molar-refractivity contribution in [1.82, 2.24) is 0 Å². The lowest BCUT2D eigenvalue weighted by atomic mass is 10.1. The maximum Gasteiger partial charge on any atom is 0.115 e. The van der Waals surface area contributed by atoms with Crippen molar-refractivity contribution in [3.8, 4) is 5.75 Å². The van der Waals surface area contributed by atoms with E-state index in [4.69, 9.17) is 10.2 Å². The van der Waals surface area contributed by atoms with E-state index in [0.717, 1.165) is 5.56 Å². The lowest BCUT2D eigenvalue weighted by molar-refractivity contribution is 0.195. The number of aliphatic hydroxyl groups excluding tert-OH is 1. The van der Waals surface area contributed by atoms with E-state index in [1.807, 2.05) is 6.07 Å². The number of rotatable bonds is 2. The third kappa shape index (κ3) is 2.60. The van der Waals surface area contributed by atoms with Crippen molar-refractivity contribution >= 4 is 0 Å². The summed E-state index contributed by atoms with van der Waals surface area (Å²) in [6.45, 7) is 1.73. The molecule has 1 aromatic carbocycles. The highest BCUT2D eigenvalue weighted by molar-refractivity contribution is 5.27. The second-order valence-electron chi connectivity index (χ2n) is 2.72. The Balaban J connectivity index is 2.71. The van der Waals surface area contributed by atoms with Gasteiger partial charge in [0, 0.05) is 0 Å². The Hall–Kier alpha value is -1.02. The summed E-state index contributed by atoms with van der Waals surface area (Å²) >= 11 is 0. The van der Waals surface area contributed by atoms with E-state index in [0.29, 0.717) is 6.42 Å². The molecule has 0 saturated carbocycles. The summed E-state index contributed by atoms with van der Waals surface area (Å²) in [6, 6.07) is 6.93. The largest absolute Gasteiger partial charge is 0.508 e. The van der Waals surface area contributed by atoms with Crippen LogP contribution in [-0.2, 0) is 6.42 Å². The molecule has 1 rings (SSSR count).